The average molecular weight is 236 g/mol. The van der Waals surface area contributed by atoms with Gasteiger partial charge in [-0.3, -0.25) is 4.79 Å². The normalized spacial score (nSPS) is 15.4. The molecule has 0 aliphatic carbocycles. The van der Waals surface area contributed by atoms with Gasteiger partial charge in [0.05, 0.1) is 12.0 Å². The van der Waals surface area contributed by atoms with E-state index in [1.165, 1.54) is 0 Å². The van der Waals surface area contributed by atoms with Gasteiger partial charge in [-0.15, -0.1) is 0 Å². The molecule has 0 aliphatic heterocycles. The largest absolute Gasteiger partial charge is 0.481 e. The highest BCUT2D eigenvalue weighted by molar-refractivity contribution is 5.70. The molecule has 2 N–H and O–H groups in total. The van der Waals surface area contributed by atoms with Gasteiger partial charge >= 0.3 is 5.97 Å². The van der Waals surface area contributed by atoms with Crippen LogP contribution in [0.4, 0.5) is 0 Å². The molecule has 0 radical (unpaired) electrons. The van der Waals surface area contributed by atoms with Gasteiger partial charge in [-0.05, 0) is 23.5 Å². The number of carboxylic acid groups (broad SMARTS) is 1. The number of hydrogen-bond acceptors (Lipinski definition) is 2. The fourth-order valence-corrected chi connectivity index (χ4v) is 1.59. The first-order chi connectivity index (χ1) is 7.64. The van der Waals surface area contributed by atoms with Crippen LogP contribution in [0.15, 0.2) is 24.3 Å². The van der Waals surface area contributed by atoms with Crippen LogP contribution in [0.5, 0.6) is 0 Å². The van der Waals surface area contributed by atoms with Crippen molar-refractivity contribution < 1.29 is 15.0 Å². The Morgan fingerprint density at radius 1 is 1.24 bits per heavy atom. The molecule has 0 bridgehead atoms. The van der Waals surface area contributed by atoms with Gasteiger partial charge in [-0.25, -0.2) is 0 Å². The molecule has 0 saturated carbocycles. The lowest BCUT2D eigenvalue weighted by Gasteiger charge is -2.37. The Labute approximate surface area is 102 Å². The number of rotatable bonds is 3. The second-order valence-electron chi connectivity index (χ2n) is 5.59. The van der Waals surface area contributed by atoms with E-state index in [1.54, 1.807) is 25.1 Å². The van der Waals surface area contributed by atoms with Gasteiger partial charge in [0.15, 0.2) is 0 Å². The maximum Gasteiger partial charge on any atom is 0.307 e. The number of aliphatic hydroxyl groups is 1. The van der Waals surface area contributed by atoms with Crippen LogP contribution in [0, 0.1) is 5.41 Å². The summed E-state index contributed by atoms with van der Waals surface area (Å²) >= 11 is 0. The third-order valence-electron chi connectivity index (χ3n) is 3.30. The molecule has 94 valence electrons. The molecule has 1 atom stereocenters. The van der Waals surface area contributed by atoms with Gasteiger partial charge in [-0.1, -0.05) is 45.0 Å². The Bertz CT molecular complexity index is 414. The molecule has 17 heavy (non-hydrogen) atoms. The van der Waals surface area contributed by atoms with Crippen LogP contribution in [0.25, 0.3) is 0 Å². The first-order valence-corrected chi connectivity index (χ1v) is 5.68. The Morgan fingerprint density at radius 2 is 1.82 bits per heavy atom. The molecule has 1 aromatic carbocycles. The standard InChI is InChI=1S/C14H20O3/c1-13(2,3)14(4,17)11-7-5-6-10(8-11)9-12(15)16/h5-8,17H,9H2,1-4H3,(H,15,16). The summed E-state index contributed by atoms with van der Waals surface area (Å²) in [6, 6.07) is 7.14. The zero-order valence-corrected chi connectivity index (χ0v) is 10.8. The minimum Gasteiger partial charge on any atom is -0.481 e. The Kier molecular flexibility index (Phi) is 3.62. The molecule has 1 rings (SSSR count). The molecule has 0 saturated heterocycles. The van der Waals surface area contributed by atoms with E-state index < -0.39 is 11.6 Å². The van der Waals surface area contributed by atoms with E-state index in [9.17, 15) is 9.90 Å². The van der Waals surface area contributed by atoms with Crippen molar-refractivity contribution in [3.8, 4) is 0 Å². The van der Waals surface area contributed by atoms with E-state index >= 15 is 0 Å². The molecule has 0 amide bonds. The lowest BCUT2D eigenvalue weighted by atomic mass is 9.73. The van der Waals surface area contributed by atoms with Crippen molar-refractivity contribution in [1.29, 1.82) is 0 Å². The molecule has 0 fully saturated rings. The minimum absolute atomic E-state index is 0.0198. The lowest BCUT2D eigenvalue weighted by Crippen LogP contribution is -2.36. The third-order valence-corrected chi connectivity index (χ3v) is 3.30. The second-order valence-corrected chi connectivity index (χ2v) is 5.59. The van der Waals surface area contributed by atoms with E-state index in [-0.39, 0.29) is 11.8 Å². The summed E-state index contributed by atoms with van der Waals surface area (Å²) in [5.41, 5.74) is 0.166. The van der Waals surface area contributed by atoms with Crippen LogP contribution in [0.3, 0.4) is 0 Å². The van der Waals surface area contributed by atoms with Gasteiger partial charge in [0.1, 0.15) is 0 Å². The van der Waals surface area contributed by atoms with Gasteiger partial charge < -0.3 is 10.2 Å². The number of carboxylic acids is 1. The zero-order valence-electron chi connectivity index (χ0n) is 10.8. The highest BCUT2D eigenvalue weighted by atomic mass is 16.4. The van der Waals surface area contributed by atoms with Crippen molar-refractivity contribution >= 4 is 5.97 Å². The first kappa shape index (κ1) is 13.7. The zero-order chi connectivity index (χ0) is 13.3. The Hall–Kier alpha value is -1.35. The Morgan fingerprint density at radius 3 is 2.29 bits per heavy atom. The number of aliphatic carboxylic acids is 1. The molecular weight excluding hydrogens is 216 g/mol. The van der Waals surface area contributed by atoms with E-state index in [0.29, 0.717) is 5.56 Å². The van der Waals surface area contributed by atoms with Crippen LogP contribution in [0.1, 0.15) is 38.8 Å². The lowest BCUT2D eigenvalue weighted by molar-refractivity contribution is -0.136. The summed E-state index contributed by atoms with van der Waals surface area (Å²) < 4.78 is 0. The fraction of sp³-hybridized carbons (Fsp3) is 0.500. The van der Waals surface area contributed by atoms with Gasteiger partial charge in [0.2, 0.25) is 0 Å². The molecule has 1 unspecified atom stereocenters. The van der Waals surface area contributed by atoms with Gasteiger partial charge in [-0.2, -0.15) is 0 Å². The molecule has 0 spiro atoms. The minimum atomic E-state index is -0.985. The third kappa shape index (κ3) is 3.07. The first-order valence-electron chi connectivity index (χ1n) is 5.68. The smallest absolute Gasteiger partial charge is 0.307 e. The summed E-state index contributed by atoms with van der Waals surface area (Å²) in [5.74, 6) is -0.863. The molecule has 0 aliphatic rings. The maximum atomic E-state index is 10.7. The summed E-state index contributed by atoms with van der Waals surface area (Å²) in [6.45, 7) is 7.62. The van der Waals surface area contributed by atoms with Crippen molar-refractivity contribution in [2.24, 2.45) is 5.41 Å². The monoisotopic (exact) mass is 236 g/mol. The molecular formula is C14H20O3. The SMILES string of the molecule is CC(C)(C)C(C)(O)c1cccc(CC(=O)O)c1. The Balaban J connectivity index is 3.11. The molecule has 1 aromatic rings. The highest BCUT2D eigenvalue weighted by Crippen LogP contribution is 2.38. The van der Waals surface area contributed by atoms with E-state index in [2.05, 4.69) is 0 Å². The van der Waals surface area contributed by atoms with E-state index in [1.807, 2.05) is 26.8 Å². The van der Waals surface area contributed by atoms with Crippen LogP contribution in [-0.2, 0) is 16.8 Å². The van der Waals surface area contributed by atoms with Gasteiger partial charge in [0, 0.05) is 0 Å². The molecule has 3 nitrogen and oxygen atoms in total. The molecule has 0 aromatic heterocycles. The maximum absolute atomic E-state index is 10.7. The van der Waals surface area contributed by atoms with Crippen molar-refractivity contribution in [2.75, 3.05) is 0 Å². The molecule has 3 heteroatoms. The average Bonchev–Trinajstić information content (AvgIpc) is 2.15. The van der Waals surface area contributed by atoms with E-state index in [0.717, 1.165) is 5.56 Å². The number of carbonyl (C=O) groups is 1. The van der Waals surface area contributed by atoms with Crippen LogP contribution in [-0.4, -0.2) is 16.2 Å². The van der Waals surface area contributed by atoms with Crippen molar-refractivity contribution in [2.45, 2.75) is 39.7 Å². The highest BCUT2D eigenvalue weighted by Gasteiger charge is 2.36. The van der Waals surface area contributed by atoms with Crippen LogP contribution in [0.2, 0.25) is 0 Å². The van der Waals surface area contributed by atoms with Crippen molar-refractivity contribution in [1.82, 2.24) is 0 Å². The summed E-state index contributed by atoms with van der Waals surface area (Å²) in [7, 11) is 0. The predicted molar refractivity (Wildman–Crippen MR) is 66.8 cm³/mol. The summed E-state index contributed by atoms with van der Waals surface area (Å²) in [6.07, 6.45) is -0.0198. The van der Waals surface area contributed by atoms with Crippen LogP contribution < -0.4 is 0 Å². The second kappa shape index (κ2) is 4.49. The predicted octanol–water partition coefficient (Wildman–Crippen LogP) is 2.57. The number of benzene rings is 1. The summed E-state index contributed by atoms with van der Waals surface area (Å²) in [5, 5.41) is 19.3. The van der Waals surface area contributed by atoms with E-state index in [4.69, 9.17) is 5.11 Å². The van der Waals surface area contributed by atoms with Crippen molar-refractivity contribution in [3.05, 3.63) is 35.4 Å². The van der Waals surface area contributed by atoms with Crippen LogP contribution >= 0.6 is 0 Å². The summed E-state index contributed by atoms with van der Waals surface area (Å²) in [4.78, 5) is 10.7. The fourth-order valence-electron chi connectivity index (χ4n) is 1.59. The molecule has 0 heterocycles. The number of hydrogen-bond donors (Lipinski definition) is 2. The topological polar surface area (TPSA) is 57.5 Å². The van der Waals surface area contributed by atoms with Crippen molar-refractivity contribution in [3.63, 3.8) is 0 Å². The quantitative estimate of drug-likeness (QED) is 0.848. The van der Waals surface area contributed by atoms with Gasteiger partial charge in [0.25, 0.3) is 0 Å².